The van der Waals surface area contributed by atoms with E-state index in [-0.39, 0.29) is 30.6 Å². The monoisotopic (exact) mass is 718 g/mol. The van der Waals surface area contributed by atoms with Gasteiger partial charge in [-0.3, -0.25) is 19.4 Å². The maximum absolute atomic E-state index is 12.5. The molecule has 2 aliphatic rings. The highest BCUT2D eigenvalue weighted by Gasteiger charge is 2.34. The van der Waals surface area contributed by atoms with Gasteiger partial charge in [0.2, 0.25) is 11.8 Å². The Hall–Kier alpha value is -4.38. The van der Waals surface area contributed by atoms with Crippen molar-refractivity contribution in [2.45, 2.75) is 77.2 Å². The fraction of sp³-hybridized carbons (Fsp3) is 0.409. The number of hydrogen-bond donors (Lipinski definition) is 3. The summed E-state index contributed by atoms with van der Waals surface area (Å²) < 4.78 is 13.5. The normalized spacial score (nSPS) is 19.5. The van der Waals surface area contributed by atoms with E-state index in [0.29, 0.717) is 19.5 Å². The number of unbranched alkanes of at least 4 members (excludes halogenated alkanes) is 2. The number of hydrogen-bond acceptors (Lipinski definition) is 7. The van der Waals surface area contributed by atoms with Crippen LogP contribution in [0.3, 0.4) is 0 Å². The zero-order valence-electron chi connectivity index (χ0n) is 30.9. The molecule has 280 valence electrons. The second-order valence-corrected chi connectivity index (χ2v) is 14.3. The van der Waals surface area contributed by atoms with Crippen molar-refractivity contribution in [3.05, 3.63) is 131 Å². The van der Waals surface area contributed by atoms with Gasteiger partial charge >= 0.3 is 0 Å². The van der Waals surface area contributed by atoms with Gasteiger partial charge in [0.05, 0.1) is 18.8 Å². The quantitative estimate of drug-likeness (QED) is 0.113. The second kappa shape index (κ2) is 19.6. The third kappa shape index (κ3) is 11.8. The van der Waals surface area contributed by atoms with Crippen molar-refractivity contribution in [3.63, 3.8) is 0 Å². The molecule has 2 saturated heterocycles. The summed E-state index contributed by atoms with van der Waals surface area (Å²) in [5, 5.41) is 15.5. The minimum atomic E-state index is -0.531. The van der Waals surface area contributed by atoms with Gasteiger partial charge in [-0.1, -0.05) is 97.4 Å². The fourth-order valence-electron chi connectivity index (χ4n) is 7.16. The van der Waals surface area contributed by atoms with Crippen LogP contribution in [0.5, 0.6) is 0 Å². The number of amides is 2. The molecule has 0 radical (unpaired) electrons. The summed E-state index contributed by atoms with van der Waals surface area (Å²) in [5.74, 6) is 0.0131. The van der Waals surface area contributed by atoms with Crippen LogP contribution in [0.15, 0.2) is 103 Å². The van der Waals surface area contributed by atoms with E-state index < -0.39 is 6.29 Å². The van der Waals surface area contributed by atoms with Crippen molar-refractivity contribution in [2.75, 3.05) is 39.3 Å². The van der Waals surface area contributed by atoms with Gasteiger partial charge in [-0.25, -0.2) is 0 Å². The van der Waals surface area contributed by atoms with Crippen LogP contribution in [0, 0.1) is 0 Å². The van der Waals surface area contributed by atoms with E-state index in [2.05, 4.69) is 99.3 Å². The molecule has 2 aliphatic heterocycles. The minimum absolute atomic E-state index is 0.00949. The number of rotatable bonds is 16. The Bertz CT molecular complexity index is 1740. The lowest BCUT2D eigenvalue weighted by molar-refractivity contribution is -0.253. The maximum Gasteiger partial charge on any atom is 0.220 e. The third-order valence-corrected chi connectivity index (χ3v) is 10.2. The first-order valence-corrected chi connectivity index (χ1v) is 19.1. The van der Waals surface area contributed by atoms with Crippen LogP contribution in [0.1, 0.15) is 79.2 Å². The molecule has 2 fully saturated rings. The number of carbonyl (C=O) groups excluding carboxylic acids is 2. The second-order valence-electron chi connectivity index (χ2n) is 14.3. The Kier molecular flexibility index (Phi) is 14.2. The number of aliphatic hydroxyl groups is 1. The van der Waals surface area contributed by atoms with Crippen LogP contribution in [0.25, 0.3) is 11.1 Å². The van der Waals surface area contributed by atoms with Gasteiger partial charge in [0, 0.05) is 77.7 Å². The summed E-state index contributed by atoms with van der Waals surface area (Å²) in [7, 11) is 0. The third-order valence-electron chi connectivity index (χ3n) is 10.2. The van der Waals surface area contributed by atoms with Gasteiger partial charge in [0.25, 0.3) is 0 Å². The Balaban J connectivity index is 1.08. The highest BCUT2D eigenvalue weighted by molar-refractivity contribution is 5.76. The molecule has 0 spiro atoms. The molecule has 2 amide bonds. The van der Waals surface area contributed by atoms with Crippen molar-refractivity contribution < 1.29 is 24.2 Å². The maximum atomic E-state index is 12.5. The largest absolute Gasteiger partial charge is 0.392 e. The molecule has 0 aromatic heterocycles. The standard InChI is InChI=1S/C44H54N4O5/c1-33(50)45-21-7-3-6-16-43(51)46-29-36-12-8-13-38(26-36)39-14-9-15-40(27-39)44-52-41(28-42(53-44)37-19-17-35(32-49)18-20-37)31-48-24-22-47(23-25-48)30-34-10-4-2-5-11-34/h2,4-5,8-15,17-20,26-27,41-42,44,49H,3,6-7,16,21-25,28-32H2,1H3,(H,45,50)(H,46,51). The average Bonchev–Trinajstić information content (AvgIpc) is 3.19. The topological polar surface area (TPSA) is 103 Å². The van der Waals surface area contributed by atoms with Gasteiger partial charge in [-0.05, 0) is 58.4 Å². The van der Waals surface area contributed by atoms with Crippen LogP contribution in [0.4, 0.5) is 0 Å². The molecular formula is C44H54N4O5. The van der Waals surface area contributed by atoms with Gasteiger partial charge < -0.3 is 25.2 Å². The molecule has 4 aromatic rings. The number of piperazine rings is 1. The summed E-state index contributed by atoms with van der Waals surface area (Å²) in [6, 6.07) is 35.4. The molecule has 2 heterocycles. The molecule has 3 atom stereocenters. The summed E-state index contributed by atoms with van der Waals surface area (Å²) in [6.45, 7) is 8.52. The zero-order valence-corrected chi connectivity index (χ0v) is 30.9. The SMILES string of the molecule is CC(=O)NCCCCCC(=O)NCc1cccc(-c2cccc(C3OC(CN4CCN(Cc5ccccc5)CC4)CC(c4ccc(CO)cc4)O3)c2)c1. The number of aliphatic hydroxyl groups excluding tert-OH is 1. The summed E-state index contributed by atoms with van der Waals surface area (Å²) in [4.78, 5) is 28.6. The number of nitrogens with zero attached hydrogens (tertiary/aromatic N) is 2. The van der Waals surface area contributed by atoms with E-state index in [1.165, 1.54) is 12.5 Å². The summed E-state index contributed by atoms with van der Waals surface area (Å²) in [5.41, 5.74) is 7.44. The predicted molar refractivity (Wildman–Crippen MR) is 207 cm³/mol. The van der Waals surface area contributed by atoms with E-state index in [9.17, 15) is 14.7 Å². The first kappa shape index (κ1) is 38.3. The van der Waals surface area contributed by atoms with E-state index in [4.69, 9.17) is 9.47 Å². The van der Waals surface area contributed by atoms with Crippen molar-refractivity contribution in [1.29, 1.82) is 0 Å². The highest BCUT2D eigenvalue weighted by atomic mass is 16.7. The zero-order chi connectivity index (χ0) is 36.8. The number of nitrogens with one attached hydrogen (secondary N) is 2. The molecular weight excluding hydrogens is 665 g/mol. The fourth-order valence-corrected chi connectivity index (χ4v) is 7.16. The molecule has 0 bridgehead atoms. The molecule has 0 saturated carbocycles. The lowest BCUT2D eigenvalue weighted by atomic mass is 9.98. The molecule has 53 heavy (non-hydrogen) atoms. The van der Waals surface area contributed by atoms with Gasteiger partial charge in [-0.15, -0.1) is 0 Å². The Morgan fingerprint density at radius 3 is 2.19 bits per heavy atom. The van der Waals surface area contributed by atoms with Gasteiger partial charge in [0.15, 0.2) is 6.29 Å². The van der Waals surface area contributed by atoms with Gasteiger partial charge in [-0.2, -0.15) is 0 Å². The van der Waals surface area contributed by atoms with E-state index in [1.54, 1.807) is 0 Å². The number of benzene rings is 4. The highest BCUT2D eigenvalue weighted by Crippen LogP contribution is 2.39. The first-order chi connectivity index (χ1) is 25.9. The van der Waals surface area contributed by atoms with E-state index in [0.717, 1.165) is 98.3 Å². The molecule has 9 heteroatoms. The Labute approximate surface area is 314 Å². The van der Waals surface area contributed by atoms with Crippen LogP contribution < -0.4 is 10.6 Å². The van der Waals surface area contributed by atoms with Gasteiger partial charge in [0.1, 0.15) is 0 Å². The molecule has 6 rings (SSSR count). The van der Waals surface area contributed by atoms with E-state index >= 15 is 0 Å². The van der Waals surface area contributed by atoms with Crippen molar-refractivity contribution >= 4 is 11.8 Å². The minimum Gasteiger partial charge on any atom is -0.392 e. The first-order valence-electron chi connectivity index (χ1n) is 19.1. The smallest absolute Gasteiger partial charge is 0.220 e. The molecule has 3 unspecified atom stereocenters. The van der Waals surface area contributed by atoms with Crippen LogP contribution in [-0.2, 0) is 38.8 Å². The van der Waals surface area contributed by atoms with Crippen LogP contribution in [-0.4, -0.2) is 72.1 Å². The average molecular weight is 719 g/mol. The number of ether oxygens (including phenoxy) is 2. The van der Waals surface area contributed by atoms with Crippen molar-refractivity contribution in [1.82, 2.24) is 20.4 Å². The van der Waals surface area contributed by atoms with Crippen molar-refractivity contribution in [2.24, 2.45) is 0 Å². The van der Waals surface area contributed by atoms with Crippen molar-refractivity contribution in [3.8, 4) is 11.1 Å². The molecule has 0 aliphatic carbocycles. The van der Waals surface area contributed by atoms with Crippen LogP contribution >= 0.6 is 0 Å². The molecule has 4 aromatic carbocycles. The van der Waals surface area contributed by atoms with E-state index in [1.807, 2.05) is 24.3 Å². The lowest BCUT2D eigenvalue weighted by Gasteiger charge is -2.41. The summed E-state index contributed by atoms with van der Waals surface area (Å²) >= 11 is 0. The summed E-state index contributed by atoms with van der Waals surface area (Å²) in [6.07, 6.45) is 3.11. The van der Waals surface area contributed by atoms with Crippen LogP contribution in [0.2, 0.25) is 0 Å². The Morgan fingerprint density at radius 2 is 1.43 bits per heavy atom. The predicted octanol–water partition coefficient (Wildman–Crippen LogP) is 6.52. The Morgan fingerprint density at radius 1 is 0.717 bits per heavy atom. The molecule has 3 N–H and O–H groups in total. The number of carbonyl (C=O) groups is 2. The lowest BCUT2D eigenvalue weighted by Crippen LogP contribution is -2.49. The molecule has 9 nitrogen and oxygen atoms in total.